The summed E-state index contributed by atoms with van der Waals surface area (Å²) in [7, 11) is -4.25. The fraction of sp³-hybridized carbons (Fsp3) is 0.500. The van der Waals surface area contributed by atoms with E-state index in [1.807, 2.05) is 18.4 Å². The molecule has 1 N–H and O–H groups in total. The summed E-state index contributed by atoms with van der Waals surface area (Å²) in [6.07, 6.45) is 1.65. The minimum atomic E-state index is -6.00. The van der Waals surface area contributed by atoms with Crippen molar-refractivity contribution in [2.45, 2.75) is 20.4 Å². The monoisotopic (exact) mass is 256 g/mol. The number of aromatic carboxylic acids is 1. The van der Waals surface area contributed by atoms with Crippen molar-refractivity contribution >= 4 is 13.2 Å². The summed E-state index contributed by atoms with van der Waals surface area (Å²) in [6.45, 7) is 4.68. The van der Waals surface area contributed by atoms with Gasteiger partial charge in [0.05, 0.1) is 13.6 Å². The third kappa shape index (κ3) is 5.37. The van der Waals surface area contributed by atoms with Crippen molar-refractivity contribution in [3.8, 4) is 0 Å². The molecule has 1 aromatic heterocycles. The van der Waals surface area contributed by atoms with E-state index in [2.05, 4.69) is 0 Å². The van der Waals surface area contributed by atoms with Crippen LogP contribution in [-0.4, -0.2) is 22.9 Å². The lowest BCUT2D eigenvalue weighted by Crippen LogP contribution is -2.33. The molecule has 0 bridgehead atoms. The Morgan fingerprint density at radius 3 is 2.06 bits per heavy atom. The molecule has 0 saturated heterocycles. The normalized spacial score (nSPS) is 10.8. The van der Waals surface area contributed by atoms with Crippen LogP contribution in [0.3, 0.4) is 0 Å². The lowest BCUT2D eigenvalue weighted by atomic mass is 10.3. The Hall–Kier alpha value is -1.54. The maximum atomic E-state index is 10.7. The van der Waals surface area contributed by atoms with Crippen LogP contribution in [0.5, 0.6) is 0 Å². The van der Waals surface area contributed by atoms with Gasteiger partial charge in [0.2, 0.25) is 0 Å². The lowest BCUT2D eigenvalue weighted by Gasteiger charge is -1.94. The molecular weight excluding hydrogens is 243 g/mol. The van der Waals surface area contributed by atoms with Gasteiger partial charge in [0.15, 0.2) is 0 Å². The standard InChI is InChI=1S/C8H12N2O2.BF4/c1-4-10-5-7(8(11)12)9(3)6(10)2;2-1(3,4)5/h5H,4H2,1-3H3;/q;-1/p+1. The van der Waals surface area contributed by atoms with E-state index in [1.54, 1.807) is 17.8 Å². The van der Waals surface area contributed by atoms with Crippen LogP contribution in [0, 0.1) is 6.92 Å². The van der Waals surface area contributed by atoms with Gasteiger partial charge in [-0.2, -0.15) is 0 Å². The average Bonchev–Trinajstić information content (AvgIpc) is 2.41. The topological polar surface area (TPSA) is 46.1 Å². The van der Waals surface area contributed by atoms with Gasteiger partial charge in [0.25, 0.3) is 11.5 Å². The van der Waals surface area contributed by atoms with Gasteiger partial charge in [-0.3, -0.25) is 0 Å². The van der Waals surface area contributed by atoms with E-state index in [9.17, 15) is 22.1 Å². The van der Waals surface area contributed by atoms with Crippen molar-refractivity contribution in [3.05, 3.63) is 17.7 Å². The number of rotatable bonds is 2. The molecule has 0 spiro atoms. The highest BCUT2D eigenvalue weighted by Crippen LogP contribution is 2.06. The van der Waals surface area contributed by atoms with Crippen molar-refractivity contribution in [1.29, 1.82) is 0 Å². The molecule has 0 fully saturated rings. The molecule has 0 amide bonds. The zero-order valence-corrected chi connectivity index (χ0v) is 9.62. The lowest BCUT2D eigenvalue weighted by molar-refractivity contribution is -0.699. The summed E-state index contributed by atoms with van der Waals surface area (Å²) in [5.41, 5.74) is 0.328. The van der Waals surface area contributed by atoms with Crippen LogP contribution in [0.2, 0.25) is 0 Å². The third-order valence-electron chi connectivity index (χ3n) is 2.10. The van der Waals surface area contributed by atoms with Crippen LogP contribution >= 0.6 is 0 Å². The first-order chi connectivity index (χ1) is 7.57. The molecule has 9 heteroatoms. The highest BCUT2D eigenvalue weighted by molar-refractivity contribution is 6.50. The Bertz CT molecular complexity index is 397. The highest BCUT2D eigenvalue weighted by Gasteiger charge is 2.21. The molecule has 0 aromatic carbocycles. The molecule has 0 atom stereocenters. The molecular formula is C8H13BF4N2O2. The molecule has 17 heavy (non-hydrogen) atoms. The molecule has 0 radical (unpaired) electrons. The summed E-state index contributed by atoms with van der Waals surface area (Å²) in [5, 5.41) is 8.76. The number of carboxylic acid groups (broad SMARTS) is 1. The quantitative estimate of drug-likeness (QED) is 0.496. The van der Waals surface area contributed by atoms with Gasteiger partial charge in [0, 0.05) is 6.92 Å². The largest absolute Gasteiger partial charge is 0.673 e. The number of carbonyl (C=O) groups is 1. The smallest absolute Gasteiger partial charge is 0.475 e. The molecule has 0 aliphatic rings. The highest BCUT2D eigenvalue weighted by atomic mass is 19.5. The fourth-order valence-corrected chi connectivity index (χ4v) is 1.21. The first-order valence-corrected chi connectivity index (χ1v) is 4.74. The maximum Gasteiger partial charge on any atom is 0.673 e. The maximum absolute atomic E-state index is 10.7. The number of aryl methyl sites for hydroxylation is 1. The van der Waals surface area contributed by atoms with E-state index in [-0.39, 0.29) is 0 Å². The van der Waals surface area contributed by atoms with Gasteiger partial charge in [0.1, 0.15) is 6.20 Å². The number of carboxylic acids is 1. The summed E-state index contributed by atoms with van der Waals surface area (Å²) < 4.78 is 42.6. The van der Waals surface area contributed by atoms with E-state index in [4.69, 9.17) is 5.11 Å². The van der Waals surface area contributed by atoms with Crippen molar-refractivity contribution in [3.63, 3.8) is 0 Å². The van der Waals surface area contributed by atoms with E-state index >= 15 is 0 Å². The first kappa shape index (κ1) is 15.5. The van der Waals surface area contributed by atoms with E-state index in [1.165, 1.54) is 0 Å². The van der Waals surface area contributed by atoms with Gasteiger partial charge >= 0.3 is 13.2 Å². The Labute approximate surface area is 95.6 Å². The zero-order valence-electron chi connectivity index (χ0n) is 9.62. The molecule has 1 rings (SSSR count). The van der Waals surface area contributed by atoms with Gasteiger partial charge in [-0.05, 0) is 6.92 Å². The molecule has 0 aliphatic heterocycles. The van der Waals surface area contributed by atoms with E-state index in [0.29, 0.717) is 5.69 Å². The van der Waals surface area contributed by atoms with Crippen LogP contribution < -0.4 is 4.57 Å². The molecule has 1 aromatic rings. The van der Waals surface area contributed by atoms with Crippen molar-refractivity contribution in [2.24, 2.45) is 7.05 Å². The predicted molar refractivity (Wildman–Crippen MR) is 53.2 cm³/mol. The van der Waals surface area contributed by atoms with Crippen LogP contribution in [0.1, 0.15) is 23.2 Å². The molecule has 1 heterocycles. The van der Waals surface area contributed by atoms with E-state index < -0.39 is 13.2 Å². The third-order valence-corrected chi connectivity index (χ3v) is 2.10. The van der Waals surface area contributed by atoms with Gasteiger partial charge in [-0.1, -0.05) is 0 Å². The zero-order chi connectivity index (χ0) is 13.8. The van der Waals surface area contributed by atoms with E-state index in [0.717, 1.165) is 12.4 Å². The second-order valence-corrected chi connectivity index (χ2v) is 3.21. The van der Waals surface area contributed by atoms with Gasteiger partial charge < -0.3 is 22.4 Å². The van der Waals surface area contributed by atoms with Crippen LogP contribution in [0.25, 0.3) is 0 Å². The average molecular weight is 256 g/mol. The number of hydrogen-bond acceptors (Lipinski definition) is 1. The minimum Gasteiger partial charge on any atom is -0.475 e. The Kier molecular flexibility index (Phi) is 5.18. The SMILES string of the molecule is CC[n+]1cc(C(=O)O)n(C)c1C.F[B-](F)(F)F. The molecule has 98 valence electrons. The fourth-order valence-electron chi connectivity index (χ4n) is 1.21. The summed E-state index contributed by atoms with van der Waals surface area (Å²) in [5.74, 6) is 0.0719. The number of aromatic nitrogens is 2. The second-order valence-electron chi connectivity index (χ2n) is 3.21. The van der Waals surface area contributed by atoms with Gasteiger partial charge in [-0.25, -0.2) is 13.9 Å². The van der Waals surface area contributed by atoms with Gasteiger partial charge in [-0.15, -0.1) is 0 Å². The Balaban J connectivity index is 0.000000437. The predicted octanol–water partition coefficient (Wildman–Crippen LogP) is 1.64. The number of nitrogens with zero attached hydrogens (tertiary/aromatic N) is 2. The Morgan fingerprint density at radius 1 is 1.47 bits per heavy atom. The molecule has 0 saturated carbocycles. The van der Waals surface area contributed by atoms with Crippen molar-refractivity contribution < 1.29 is 31.7 Å². The Morgan fingerprint density at radius 2 is 1.88 bits per heavy atom. The van der Waals surface area contributed by atoms with Crippen LogP contribution in [0.4, 0.5) is 17.3 Å². The summed E-state index contributed by atoms with van der Waals surface area (Å²) in [6, 6.07) is 0. The number of hydrogen-bond donors (Lipinski definition) is 1. The summed E-state index contributed by atoms with van der Waals surface area (Å²) in [4.78, 5) is 10.7. The van der Waals surface area contributed by atoms with Crippen molar-refractivity contribution in [1.82, 2.24) is 4.57 Å². The number of imidazole rings is 1. The van der Waals surface area contributed by atoms with Crippen molar-refractivity contribution in [2.75, 3.05) is 0 Å². The summed E-state index contributed by atoms with van der Waals surface area (Å²) >= 11 is 0. The molecule has 0 unspecified atom stereocenters. The second kappa shape index (κ2) is 5.69. The first-order valence-electron chi connectivity index (χ1n) is 4.74. The molecule has 0 aliphatic carbocycles. The van der Waals surface area contributed by atoms with Crippen LogP contribution in [0.15, 0.2) is 6.20 Å². The van der Waals surface area contributed by atoms with Crippen LogP contribution in [-0.2, 0) is 13.6 Å². The molecule has 4 nitrogen and oxygen atoms in total. The minimum absolute atomic E-state index is 0.328. The number of halogens is 4.